The van der Waals surface area contributed by atoms with Crippen LogP contribution in [-0.2, 0) is 9.53 Å². The molecule has 2 amide bonds. The van der Waals surface area contributed by atoms with Crippen molar-refractivity contribution in [1.29, 1.82) is 0 Å². The van der Waals surface area contributed by atoms with Crippen LogP contribution in [0, 0.1) is 0 Å². The number of benzene rings is 2. The van der Waals surface area contributed by atoms with E-state index in [1.165, 1.54) is 42.5 Å². The average molecular weight is 402 g/mol. The molecule has 2 aromatic rings. The summed E-state index contributed by atoms with van der Waals surface area (Å²) in [6, 6.07) is 10.3. The molecular formula is C16H11Cl3N2O4. The molecule has 0 unspecified atom stereocenters. The number of ether oxygens (including phenoxy) is 1. The van der Waals surface area contributed by atoms with Crippen LogP contribution in [0.4, 0.5) is 0 Å². The third-order valence-corrected chi connectivity index (χ3v) is 3.72. The van der Waals surface area contributed by atoms with E-state index < -0.39 is 24.4 Å². The Bertz CT molecular complexity index is 810. The van der Waals surface area contributed by atoms with Crippen molar-refractivity contribution in [3.8, 4) is 0 Å². The molecule has 2 rings (SSSR count). The molecule has 0 aliphatic carbocycles. The lowest BCUT2D eigenvalue weighted by Gasteiger charge is -2.09. The molecule has 0 bridgehead atoms. The van der Waals surface area contributed by atoms with Crippen molar-refractivity contribution >= 4 is 52.6 Å². The van der Waals surface area contributed by atoms with E-state index in [9.17, 15) is 14.4 Å². The largest absolute Gasteiger partial charge is 0.452 e. The van der Waals surface area contributed by atoms with Crippen LogP contribution in [0.5, 0.6) is 0 Å². The van der Waals surface area contributed by atoms with Crippen molar-refractivity contribution in [1.82, 2.24) is 10.9 Å². The van der Waals surface area contributed by atoms with Gasteiger partial charge < -0.3 is 4.74 Å². The summed E-state index contributed by atoms with van der Waals surface area (Å²) >= 11 is 17.4. The van der Waals surface area contributed by atoms with Gasteiger partial charge in [0.05, 0.1) is 10.6 Å². The number of amides is 2. The fraction of sp³-hybridized carbons (Fsp3) is 0.0625. The number of hydrogen-bond donors (Lipinski definition) is 2. The molecule has 6 nitrogen and oxygen atoms in total. The molecule has 25 heavy (non-hydrogen) atoms. The van der Waals surface area contributed by atoms with Gasteiger partial charge in [-0.2, -0.15) is 0 Å². The highest BCUT2D eigenvalue weighted by Gasteiger charge is 2.15. The van der Waals surface area contributed by atoms with Gasteiger partial charge in [0.2, 0.25) is 0 Å². The molecule has 0 atom stereocenters. The molecule has 0 aromatic heterocycles. The molecule has 0 heterocycles. The van der Waals surface area contributed by atoms with E-state index in [1.807, 2.05) is 0 Å². The number of halogens is 3. The van der Waals surface area contributed by atoms with E-state index in [4.69, 9.17) is 39.5 Å². The van der Waals surface area contributed by atoms with Gasteiger partial charge in [0.1, 0.15) is 0 Å². The van der Waals surface area contributed by atoms with Gasteiger partial charge in [-0.15, -0.1) is 0 Å². The first-order valence-electron chi connectivity index (χ1n) is 6.84. The third-order valence-electron chi connectivity index (χ3n) is 2.90. The number of carbonyl (C=O) groups excluding carboxylic acids is 3. The van der Waals surface area contributed by atoms with Crippen LogP contribution in [0.3, 0.4) is 0 Å². The number of hydrogen-bond acceptors (Lipinski definition) is 4. The van der Waals surface area contributed by atoms with Crippen LogP contribution >= 0.6 is 34.8 Å². The zero-order chi connectivity index (χ0) is 18.4. The second-order valence-corrected chi connectivity index (χ2v) is 5.99. The van der Waals surface area contributed by atoms with E-state index >= 15 is 0 Å². The lowest BCUT2D eigenvalue weighted by atomic mass is 10.2. The molecule has 9 heteroatoms. The van der Waals surface area contributed by atoms with Gasteiger partial charge in [-0.3, -0.25) is 20.4 Å². The van der Waals surface area contributed by atoms with Gasteiger partial charge in [0.15, 0.2) is 6.61 Å². The molecule has 130 valence electrons. The van der Waals surface area contributed by atoms with Crippen molar-refractivity contribution in [3.63, 3.8) is 0 Å². The third kappa shape index (κ3) is 5.63. The fourth-order valence-electron chi connectivity index (χ4n) is 1.70. The van der Waals surface area contributed by atoms with Crippen LogP contribution < -0.4 is 10.9 Å². The Hall–Kier alpha value is -2.28. The highest BCUT2D eigenvalue weighted by Crippen LogP contribution is 2.21. The van der Waals surface area contributed by atoms with Gasteiger partial charge in [0, 0.05) is 15.6 Å². The summed E-state index contributed by atoms with van der Waals surface area (Å²) in [4.78, 5) is 35.3. The van der Waals surface area contributed by atoms with Crippen LogP contribution in [0.2, 0.25) is 15.1 Å². The Morgan fingerprint density at radius 2 is 1.52 bits per heavy atom. The number of nitrogens with one attached hydrogen (secondary N) is 2. The first-order chi connectivity index (χ1) is 11.9. The second-order valence-electron chi connectivity index (χ2n) is 4.71. The minimum atomic E-state index is -0.813. The molecule has 0 aliphatic heterocycles. The summed E-state index contributed by atoms with van der Waals surface area (Å²) in [5.41, 5.74) is 4.64. The Morgan fingerprint density at radius 1 is 0.880 bits per heavy atom. The van der Waals surface area contributed by atoms with Gasteiger partial charge in [0.25, 0.3) is 11.8 Å². The molecule has 0 fully saturated rings. The van der Waals surface area contributed by atoms with Gasteiger partial charge in [-0.05, 0) is 42.5 Å². The van der Waals surface area contributed by atoms with Crippen molar-refractivity contribution < 1.29 is 19.1 Å². The SMILES string of the molecule is O=C(COC(=O)c1cc(Cl)ccc1Cl)NNC(=O)c1ccc(Cl)cc1. The first kappa shape index (κ1) is 19.1. The topological polar surface area (TPSA) is 84.5 Å². The Labute approximate surface area is 158 Å². The van der Waals surface area contributed by atoms with Crippen molar-refractivity contribution in [2.24, 2.45) is 0 Å². The van der Waals surface area contributed by atoms with Crippen LogP contribution in [0.1, 0.15) is 20.7 Å². The Kier molecular flexibility index (Phi) is 6.64. The van der Waals surface area contributed by atoms with Crippen LogP contribution in [-0.4, -0.2) is 24.4 Å². The van der Waals surface area contributed by atoms with Gasteiger partial charge in [-0.25, -0.2) is 4.79 Å². The molecule has 0 spiro atoms. The number of rotatable bonds is 4. The highest BCUT2D eigenvalue weighted by molar-refractivity contribution is 6.35. The first-order valence-corrected chi connectivity index (χ1v) is 7.97. The molecule has 2 N–H and O–H groups in total. The standard InChI is InChI=1S/C16H11Cl3N2O4/c17-10-3-1-9(2-4-10)15(23)21-20-14(22)8-25-16(24)12-7-11(18)5-6-13(12)19/h1-7H,8H2,(H,20,22)(H,21,23). The quantitative estimate of drug-likeness (QED) is 0.608. The Balaban J connectivity index is 1.82. The van der Waals surface area contributed by atoms with Crippen molar-refractivity contribution in [2.75, 3.05) is 6.61 Å². The molecule has 0 saturated heterocycles. The Morgan fingerprint density at radius 3 is 2.20 bits per heavy atom. The highest BCUT2D eigenvalue weighted by atomic mass is 35.5. The molecule has 2 aromatic carbocycles. The predicted octanol–water partition coefficient (Wildman–Crippen LogP) is 3.26. The van der Waals surface area contributed by atoms with Crippen LogP contribution in [0.15, 0.2) is 42.5 Å². The summed E-state index contributed by atoms with van der Waals surface area (Å²) in [5, 5.41) is 0.925. The lowest BCUT2D eigenvalue weighted by molar-refractivity contribution is -0.125. The maximum atomic E-state index is 11.9. The van der Waals surface area contributed by atoms with Crippen molar-refractivity contribution in [3.05, 3.63) is 68.7 Å². The minimum absolute atomic E-state index is 0.0344. The summed E-state index contributed by atoms with van der Waals surface area (Å²) in [5.74, 6) is -2.09. The summed E-state index contributed by atoms with van der Waals surface area (Å²) < 4.78 is 4.82. The summed E-state index contributed by atoms with van der Waals surface area (Å²) in [6.07, 6.45) is 0. The van der Waals surface area contributed by atoms with Crippen molar-refractivity contribution in [2.45, 2.75) is 0 Å². The van der Waals surface area contributed by atoms with E-state index in [0.29, 0.717) is 15.6 Å². The normalized spacial score (nSPS) is 10.0. The number of esters is 1. The zero-order valence-electron chi connectivity index (χ0n) is 12.5. The maximum absolute atomic E-state index is 11.9. The summed E-state index contributed by atoms with van der Waals surface area (Å²) in [7, 11) is 0. The van der Waals surface area contributed by atoms with E-state index in [0.717, 1.165) is 0 Å². The number of carbonyl (C=O) groups is 3. The predicted molar refractivity (Wildman–Crippen MR) is 93.8 cm³/mol. The minimum Gasteiger partial charge on any atom is -0.452 e. The fourth-order valence-corrected chi connectivity index (χ4v) is 2.19. The zero-order valence-corrected chi connectivity index (χ0v) is 14.8. The molecule has 0 saturated carbocycles. The van der Waals surface area contributed by atoms with Gasteiger partial charge >= 0.3 is 5.97 Å². The van der Waals surface area contributed by atoms with Gasteiger partial charge in [-0.1, -0.05) is 34.8 Å². The lowest BCUT2D eigenvalue weighted by Crippen LogP contribution is -2.43. The van der Waals surface area contributed by atoms with E-state index in [1.54, 1.807) is 0 Å². The molecular weight excluding hydrogens is 391 g/mol. The average Bonchev–Trinajstić information content (AvgIpc) is 2.60. The molecule has 0 radical (unpaired) electrons. The van der Waals surface area contributed by atoms with E-state index in [-0.39, 0.29) is 10.6 Å². The smallest absolute Gasteiger partial charge is 0.340 e. The second kappa shape index (κ2) is 8.71. The number of hydrazine groups is 1. The molecule has 0 aliphatic rings. The monoisotopic (exact) mass is 400 g/mol. The van der Waals surface area contributed by atoms with E-state index in [2.05, 4.69) is 10.9 Å². The summed E-state index contributed by atoms with van der Waals surface area (Å²) in [6.45, 7) is -0.609. The van der Waals surface area contributed by atoms with Crippen LogP contribution in [0.25, 0.3) is 0 Å². The maximum Gasteiger partial charge on any atom is 0.340 e.